The van der Waals surface area contributed by atoms with Gasteiger partial charge in [-0.15, -0.1) is 0 Å². The molecular weight excluding hydrogens is 425 g/mol. The molecule has 1 aliphatic heterocycles. The van der Waals surface area contributed by atoms with Crippen LogP contribution in [0, 0.1) is 0 Å². The van der Waals surface area contributed by atoms with Crippen LogP contribution in [0.15, 0.2) is 48.5 Å². The SMILES string of the molecule is CCCCNP1(NCCCC)(C(N)CCC)OC(c2ccc(Cl)cc2)c2ccccc21. The van der Waals surface area contributed by atoms with Gasteiger partial charge in [0, 0.05) is 0 Å². The fourth-order valence-electron chi connectivity index (χ4n) is 4.61. The van der Waals surface area contributed by atoms with Crippen molar-refractivity contribution in [2.24, 2.45) is 5.73 Å². The molecule has 0 saturated heterocycles. The predicted molar refractivity (Wildman–Crippen MR) is 136 cm³/mol. The van der Waals surface area contributed by atoms with Crippen molar-refractivity contribution in [2.45, 2.75) is 71.2 Å². The molecule has 1 heterocycles. The van der Waals surface area contributed by atoms with Crippen LogP contribution >= 0.6 is 18.7 Å². The Kier molecular flexibility index (Phi) is 8.54. The van der Waals surface area contributed by atoms with Gasteiger partial charge in [-0.1, -0.05) is 0 Å². The fraction of sp³-hybridized carbons (Fsp3) is 0.520. The summed E-state index contributed by atoms with van der Waals surface area (Å²) in [4.78, 5) is 0. The minimum absolute atomic E-state index is 0.122. The minimum atomic E-state index is -3.33. The molecule has 0 amide bonds. The molecule has 4 N–H and O–H groups in total. The summed E-state index contributed by atoms with van der Waals surface area (Å²) in [5.74, 6) is -0.122. The molecule has 2 atom stereocenters. The van der Waals surface area contributed by atoms with Crippen molar-refractivity contribution in [3.05, 3.63) is 64.7 Å². The van der Waals surface area contributed by atoms with E-state index in [-0.39, 0.29) is 11.9 Å². The normalized spacial score (nSPS) is 21.2. The Hall–Kier alpha value is -1.00. The Labute approximate surface area is 193 Å². The molecule has 172 valence electrons. The van der Waals surface area contributed by atoms with Crippen LogP contribution in [0.5, 0.6) is 0 Å². The second kappa shape index (κ2) is 10.7. The van der Waals surface area contributed by atoms with E-state index in [4.69, 9.17) is 21.9 Å². The Morgan fingerprint density at radius 2 is 1.55 bits per heavy atom. The summed E-state index contributed by atoms with van der Waals surface area (Å²) in [5.41, 5.74) is 9.41. The van der Waals surface area contributed by atoms with Crippen LogP contribution in [-0.4, -0.2) is 18.9 Å². The Balaban J connectivity index is 2.18. The van der Waals surface area contributed by atoms with Gasteiger partial charge < -0.3 is 0 Å². The molecule has 31 heavy (non-hydrogen) atoms. The molecule has 2 aromatic carbocycles. The molecule has 0 bridgehead atoms. The first-order chi connectivity index (χ1) is 15.0. The molecule has 0 aliphatic carbocycles. The summed E-state index contributed by atoms with van der Waals surface area (Å²) >= 11 is 6.19. The second-order valence-corrected chi connectivity index (χ2v) is 13.2. The van der Waals surface area contributed by atoms with Crippen molar-refractivity contribution in [3.8, 4) is 0 Å². The van der Waals surface area contributed by atoms with Gasteiger partial charge in [-0.05, 0) is 0 Å². The van der Waals surface area contributed by atoms with Crippen LogP contribution in [0.4, 0.5) is 0 Å². The van der Waals surface area contributed by atoms with E-state index < -0.39 is 7.13 Å². The van der Waals surface area contributed by atoms with Crippen molar-refractivity contribution in [1.82, 2.24) is 10.2 Å². The van der Waals surface area contributed by atoms with Gasteiger partial charge in [-0.25, -0.2) is 0 Å². The number of unbranched alkanes of at least 4 members (excludes halogenated alkanes) is 2. The van der Waals surface area contributed by atoms with E-state index in [9.17, 15) is 0 Å². The summed E-state index contributed by atoms with van der Waals surface area (Å²) in [6, 6.07) is 16.7. The van der Waals surface area contributed by atoms with Gasteiger partial charge in [0.05, 0.1) is 0 Å². The first-order valence-electron chi connectivity index (χ1n) is 11.8. The molecule has 2 unspecified atom stereocenters. The fourth-order valence-corrected chi connectivity index (χ4v) is 10.2. The summed E-state index contributed by atoms with van der Waals surface area (Å²) in [7, 11) is -3.33. The third kappa shape index (κ3) is 4.71. The number of nitrogens with two attached hydrogens (primary N) is 1. The van der Waals surface area contributed by atoms with Crippen molar-refractivity contribution < 1.29 is 4.52 Å². The summed E-state index contributed by atoms with van der Waals surface area (Å²) in [6.45, 7) is 8.40. The second-order valence-electron chi connectivity index (χ2n) is 8.58. The Morgan fingerprint density at radius 1 is 0.935 bits per heavy atom. The topological polar surface area (TPSA) is 59.3 Å². The van der Waals surface area contributed by atoms with E-state index in [0.29, 0.717) is 0 Å². The molecule has 0 spiro atoms. The zero-order chi connectivity index (χ0) is 22.3. The number of rotatable bonds is 12. The average molecular weight is 464 g/mol. The molecule has 4 nitrogen and oxygen atoms in total. The third-order valence-corrected chi connectivity index (χ3v) is 11.8. The average Bonchev–Trinajstić information content (AvgIpc) is 3.08. The van der Waals surface area contributed by atoms with Gasteiger partial charge in [-0.2, -0.15) is 0 Å². The summed E-state index contributed by atoms with van der Waals surface area (Å²) < 4.78 is 7.28. The molecular formula is C25H39ClN3OP. The predicted octanol–water partition coefficient (Wildman–Crippen LogP) is 6.25. The van der Waals surface area contributed by atoms with Gasteiger partial charge >= 0.3 is 193 Å². The summed E-state index contributed by atoms with van der Waals surface area (Å²) in [6.07, 6.45) is 6.17. The van der Waals surface area contributed by atoms with Crippen LogP contribution < -0.4 is 21.2 Å². The number of nitrogens with one attached hydrogen (secondary N) is 2. The van der Waals surface area contributed by atoms with E-state index in [1.54, 1.807) is 0 Å². The van der Waals surface area contributed by atoms with Crippen LogP contribution in [0.1, 0.15) is 76.5 Å². The van der Waals surface area contributed by atoms with Gasteiger partial charge in [0.2, 0.25) is 0 Å². The number of hydrogen-bond acceptors (Lipinski definition) is 4. The molecule has 1 aliphatic rings. The van der Waals surface area contributed by atoms with E-state index >= 15 is 0 Å². The monoisotopic (exact) mass is 463 g/mol. The van der Waals surface area contributed by atoms with E-state index in [2.05, 4.69) is 67.3 Å². The third-order valence-electron chi connectivity index (χ3n) is 6.32. The van der Waals surface area contributed by atoms with Gasteiger partial charge in [0.25, 0.3) is 0 Å². The van der Waals surface area contributed by atoms with Crippen molar-refractivity contribution in [3.63, 3.8) is 0 Å². The van der Waals surface area contributed by atoms with E-state index in [1.165, 1.54) is 10.9 Å². The first kappa shape index (κ1) is 24.6. The summed E-state index contributed by atoms with van der Waals surface area (Å²) in [5, 5.41) is 9.90. The molecule has 0 aromatic heterocycles. The molecule has 6 heteroatoms. The van der Waals surface area contributed by atoms with E-state index in [0.717, 1.165) is 62.2 Å². The van der Waals surface area contributed by atoms with Gasteiger partial charge in [-0.3, -0.25) is 0 Å². The standard InChI is InChI=1S/C25H39ClN3OP/c1-4-7-18-28-31(24(27)11-6-3,29-19-8-5-2)23-13-10-9-12-22(23)25(30-31)20-14-16-21(26)17-15-20/h9-10,12-17,24-25,28-29H,4-8,11,18-19,27H2,1-3H3. The molecule has 0 radical (unpaired) electrons. The van der Waals surface area contributed by atoms with E-state index in [1.807, 2.05) is 12.1 Å². The molecule has 2 aromatic rings. The maximum atomic E-state index is 7.28. The van der Waals surface area contributed by atoms with Gasteiger partial charge in [0.1, 0.15) is 0 Å². The Bertz CT molecular complexity index is 835. The number of fused-ring (bicyclic) bond motifs is 1. The van der Waals surface area contributed by atoms with Crippen LogP contribution in [0.3, 0.4) is 0 Å². The molecule has 0 fully saturated rings. The Morgan fingerprint density at radius 3 is 2.13 bits per heavy atom. The van der Waals surface area contributed by atoms with Crippen LogP contribution in [0.2, 0.25) is 5.02 Å². The van der Waals surface area contributed by atoms with Crippen molar-refractivity contribution in [2.75, 3.05) is 13.1 Å². The molecule has 0 saturated carbocycles. The maximum absolute atomic E-state index is 7.28. The number of halogens is 1. The first-order valence-corrected chi connectivity index (χ1v) is 14.4. The number of benzene rings is 2. The van der Waals surface area contributed by atoms with Crippen molar-refractivity contribution >= 4 is 24.0 Å². The number of hydrogen-bond donors (Lipinski definition) is 3. The zero-order valence-corrected chi connectivity index (χ0v) is 20.9. The van der Waals surface area contributed by atoms with Crippen LogP contribution in [-0.2, 0) is 4.52 Å². The quantitative estimate of drug-likeness (QED) is 0.257. The van der Waals surface area contributed by atoms with Gasteiger partial charge in [0.15, 0.2) is 0 Å². The van der Waals surface area contributed by atoms with Crippen LogP contribution in [0.25, 0.3) is 0 Å². The molecule has 3 rings (SSSR count). The van der Waals surface area contributed by atoms with Crippen molar-refractivity contribution in [1.29, 1.82) is 0 Å². The zero-order valence-electron chi connectivity index (χ0n) is 19.2.